The Balaban J connectivity index is 1.95. The van der Waals surface area contributed by atoms with Crippen molar-refractivity contribution in [2.24, 2.45) is 7.05 Å². The molecule has 2 aromatic heterocycles. The van der Waals surface area contributed by atoms with E-state index in [1.807, 2.05) is 20.8 Å². The van der Waals surface area contributed by atoms with Crippen molar-refractivity contribution in [3.8, 4) is 0 Å². The van der Waals surface area contributed by atoms with Crippen molar-refractivity contribution in [1.29, 1.82) is 0 Å². The zero-order chi connectivity index (χ0) is 21.8. The largest absolute Gasteiger partial charge is 0.376 e. The van der Waals surface area contributed by atoms with Gasteiger partial charge < -0.3 is 10.1 Å². The fourth-order valence-electron chi connectivity index (χ4n) is 3.36. The third-order valence-corrected chi connectivity index (χ3v) is 6.00. The van der Waals surface area contributed by atoms with Crippen LogP contribution in [0.5, 0.6) is 0 Å². The zero-order valence-electron chi connectivity index (χ0n) is 17.9. The molecule has 1 atom stereocenters. The Kier molecular flexibility index (Phi) is 7.30. The summed E-state index contributed by atoms with van der Waals surface area (Å²) < 4.78 is 8.12. The van der Waals surface area contributed by atoms with Gasteiger partial charge in [0, 0.05) is 32.7 Å². The Bertz CT molecular complexity index is 1040. The molecule has 0 aliphatic carbocycles. The molecule has 1 saturated heterocycles. The highest BCUT2D eigenvalue weighted by atomic mass is 32.2. The smallest absolute Gasteiger partial charge is 0.332 e. The van der Waals surface area contributed by atoms with Gasteiger partial charge in [-0.15, -0.1) is 0 Å². The van der Waals surface area contributed by atoms with Gasteiger partial charge in [-0.05, 0) is 19.3 Å². The van der Waals surface area contributed by atoms with Crippen molar-refractivity contribution < 1.29 is 9.53 Å². The van der Waals surface area contributed by atoms with E-state index in [4.69, 9.17) is 4.74 Å². The average Bonchev–Trinajstić information content (AvgIpc) is 3.25. The molecule has 0 spiro atoms. The van der Waals surface area contributed by atoms with Gasteiger partial charge in [-0.3, -0.25) is 18.7 Å². The number of aromatic nitrogens is 4. The number of amides is 1. The monoisotopic (exact) mass is 435 g/mol. The van der Waals surface area contributed by atoms with Crippen LogP contribution in [-0.4, -0.2) is 50.0 Å². The van der Waals surface area contributed by atoms with Crippen LogP contribution in [0.25, 0.3) is 11.0 Å². The molecular weight excluding hydrogens is 406 g/mol. The van der Waals surface area contributed by atoms with Gasteiger partial charge in [-0.25, -0.2) is 14.8 Å². The molecule has 1 unspecified atom stereocenters. The summed E-state index contributed by atoms with van der Waals surface area (Å²) in [5.74, 6) is 0.526. The van der Waals surface area contributed by atoms with E-state index in [9.17, 15) is 14.4 Å². The lowest BCUT2D eigenvalue weighted by Gasteiger charge is -2.15. The number of nitrogens with one attached hydrogen (secondary N) is 1. The minimum atomic E-state index is -0.445. The second kappa shape index (κ2) is 9.74. The number of nitrogens with zero attached hydrogens (tertiary/aromatic N) is 4. The van der Waals surface area contributed by atoms with Crippen molar-refractivity contribution in [3.63, 3.8) is 0 Å². The normalized spacial score (nSPS) is 16.5. The molecule has 1 aliphatic rings. The van der Waals surface area contributed by atoms with Gasteiger partial charge in [0.25, 0.3) is 5.56 Å². The highest BCUT2D eigenvalue weighted by Crippen LogP contribution is 2.24. The molecule has 10 heteroatoms. The number of ether oxygens (including phenoxy) is 1. The number of rotatable bonds is 8. The molecule has 0 aromatic carbocycles. The van der Waals surface area contributed by atoms with Gasteiger partial charge >= 0.3 is 5.69 Å². The quantitative estimate of drug-likeness (QED) is 0.493. The van der Waals surface area contributed by atoms with Gasteiger partial charge in [0.2, 0.25) is 5.91 Å². The molecule has 3 heterocycles. The topological polar surface area (TPSA) is 108 Å². The maximum absolute atomic E-state index is 12.9. The van der Waals surface area contributed by atoms with Crippen molar-refractivity contribution in [1.82, 2.24) is 24.4 Å². The first-order chi connectivity index (χ1) is 14.3. The van der Waals surface area contributed by atoms with Gasteiger partial charge in [-0.1, -0.05) is 32.5 Å². The number of hydrogen-bond donors (Lipinski definition) is 1. The van der Waals surface area contributed by atoms with E-state index in [1.54, 1.807) is 0 Å². The first-order valence-electron chi connectivity index (χ1n) is 10.4. The lowest BCUT2D eigenvalue weighted by molar-refractivity contribution is -0.119. The standard InChI is InChI=1S/C20H29N5O4S/c1-5-8-25-17-15(19(27)24(4)20(25)28)18(23-16(22-17)12(2)3)30-11-14(26)21-10-13-7-6-9-29-13/h12-13H,5-11H2,1-4H3,(H,21,26). The molecule has 0 saturated carbocycles. The van der Waals surface area contributed by atoms with Crippen LogP contribution in [0.2, 0.25) is 0 Å². The number of carbonyl (C=O) groups is 1. The van der Waals surface area contributed by atoms with Crippen LogP contribution < -0.4 is 16.6 Å². The van der Waals surface area contributed by atoms with E-state index < -0.39 is 11.2 Å². The van der Waals surface area contributed by atoms with E-state index in [1.165, 1.54) is 23.4 Å². The highest BCUT2D eigenvalue weighted by molar-refractivity contribution is 8.00. The predicted molar refractivity (Wildman–Crippen MR) is 116 cm³/mol. The molecule has 1 fully saturated rings. The molecular formula is C20H29N5O4S. The van der Waals surface area contributed by atoms with E-state index >= 15 is 0 Å². The Hall–Kier alpha value is -2.20. The summed E-state index contributed by atoms with van der Waals surface area (Å²) in [6.45, 7) is 7.54. The lowest BCUT2D eigenvalue weighted by atomic mass is 10.2. The third-order valence-electron chi connectivity index (χ3n) is 5.02. The van der Waals surface area contributed by atoms with E-state index in [0.29, 0.717) is 29.6 Å². The fraction of sp³-hybridized carbons (Fsp3) is 0.650. The molecule has 164 valence electrons. The summed E-state index contributed by atoms with van der Waals surface area (Å²) in [4.78, 5) is 47.0. The molecule has 1 N–H and O–H groups in total. The summed E-state index contributed by atoms with van der Waals surface area (Å²) in [6, 6.07) is 0. The number of thioether (sulfide) groups is 1. The van der Waals surface area contributed by atoms with Crippen LogP contribution in [0.15, 0.2) is 14.6 Å². The van der Waals surface area contributed by atoms with Crippen LogP contribution in [0.3, 0.4) is 0 Å². The van der Waals surface area contributed by atoms with Gasteiger partial charge in [0.15, 0.2) is 5.65 Å². The van der Waals surface area contributed by atoms with E-state index in [0.717, 1.165) is 30.4 Å². The summed E-state index contributed by atoms with van der Waals surface area (Å²) in [6.07, 6.45) is 2.76. The maximum Gasteiger partial charge on any atom is 0.332 e. The van der Waals surface area contributed by atoms with Crippen molar-refractivity contribution in [3.05, 3.63) is 26.7 Å². The Labute approximate surface area is 179 Å². The van der Waals surface area contributed by atoms with E-state index in [2.05, 4.69) is 15.3 Å². The average molecular weight is 436 g/mol. The molecule has 1 aliphatic heterocycles. The number of fused-ring (bicyclic) bond motifs is 1. The van der Waals surface area contributed by atoms with Gasteiger partial charge in [-0.2, -0.15) is 0 Å². The molecule has 3 rings (SSSR count). The SMILES string of the molecule is CCCn1c(=O)n(C)c(=O)c2c(SCC(=O)NCC3CCCO3)nc(C(C)C)nc21. The Morgan fingerprint density at radius 3 is 2.73 bits per heavy atom. The summed E-state index contributed by atoms with van der Waals surface area (Å²) in [5, 5.41) is 3.60. The number of hydrogen-bond acceptors (Lipinski definition) is 7. The first-order valence-corrected chi connectivity index (χ1v) is 11.3. The Morgan fingerprint density at radius 2 is 2.10 bits per heavy atom. The summed E-state index contributed by atoms with van der Waals surface area (Å²) >= 11 is 1.19. The van der Waals surface area contributed by atoms with Crippen molar-refractivity contribution >= 4 is 28.7 Å². The van der Waals surface area contributed by atoms with Crippen LogP contribution in [-0.2, 0) is 23.1 Å². The molecule has 9 nitrogen and oxygen atoms in total. The second-order valence-electron chi connectivity index (χ2n) is 7.77. The fourth-order valence-corrected chi connectivity index (χ4v) is 4.21. The molecule has 1 amide bonds. The van der Waals surface area contributed by atoms with Crippen LogP contribution >= 0.6 is 11.8 Å². The van der Waals surface area contributed by atoms with Gasteiger partial charge in [0.05, 0.1) is 11.9 Å². The number of carbonyl (C=O) groups excluding carboxylic acids is 1. The molecule has 2 aromatic rings. The van der Waals surface area contributed by atoms with Crippen molar-refractivity contribution in [2.75, 3.05) is 18.9 Å². The lowest BCUT2D eigenvalue weighted by Crippen LogP contribution is -2.39. The van der Waals surface area contributed by atoms with Crippen molar-refractivity contribution in [2.45, 2.75) is 63.6 Å². The Morgan fingerprint density at radius 1 is 1.33 bits per heavy atom. The predicted octanol–water partition coefficient (Wildman–Crippen LogP) is 1.41. The van der Waals surface area contributed by atoms with Crippen LogP contribution in [0.1, 0.15) is 51.8 Å². The van der Waals surface area contributed by atoms with Crippen LogP contribution in [0, 0.1) is 0 Å². The summed E-state index contributed by atoms with van der Waals surface area (Å²) in [5.41, 5.74) is -0.501. The highest BCUT2D eigenvalue weighted by Gasteiger charge is 2.21. The molecule has 0 radical (unpaired) electrons. The molecule has 0 bridgehead atoms. The number of aryl methyl sites for hydroxylation is 1. The third kappa shape index (κ3) is 4.75. The second-order valence-corrected chi connectivity index (χ2v) is 8.73. The first kappa shape index (κ1) is 22.5. The van der Waals surface area contributed by atoms with Crippen LogP contribution in [0.4, 0.5) is 0 Å². The molecule has 30 heavy (non-hydrogen) atoms. The van der Waals surface area contributed by atoms with Gasteiger partial charge in [0.1, 0.15) is 16.2 Å². The summed E-state index contributed by atoms with van der Waals surface area (Å²) in [7, 11) is 1.45. The van der Waals surface area contributed by atoms with E-state index in [-0.39, 0.29) is 29.1 Å². The zero-order valence-corrected chi connectivity index (χ0v) is 18.8. The maximum atomic E-state index is 12.9. The minimum Gasteiger partial charge on any atom is -0.376 e. The minimum absolute atomic E-state index is 0.0105.